The summed E-state index contributed by atoms with van der Waals surface area (Å²) in [5.74, 6) is 1.34. The van der Waals surface area contributed by atoms with Gasteiger partial charge in [0.2, 0.25) is 0 Å². The van der Waals surface area contributed by atoms with Crippen LogP contribution >= 0.6 is 11.6 Å². The minimum Gasteiger partial charge on any atom is -0.456 e. The number of nitrogens with zero attached hydrogens (tertiary/aromatic N) is 3. The fraction of sp³-hybridized carbons (Fsp3) is 0.400. The number of hydrogen-bond acceptors (Lipinski definition) is 4. The summed E-state index contributed by atoms with van der Waals surface area (Å²) in [6.45, 7) is 5.77. The molecule has 1 fully saturated rings. The third-order valence-corrected chi connectivity index (χ3v) is 5.07. The predicted octanol–water partition coefficient (Wildman–Crippen LogP) is 3.82. The van der Waals surface area contributed by atoms with Crippen molar-refractivity contribution in [2.75, 3.05) is 33.7 Å². The number of nitrogens with one attached hydrogen (secondary N) is 1. The average molecular weight is 389 g/mol. The van der Waals surface area contributed by atoms with Crippen molar-refractivity contribution in [3.05, 3.63) is 47.2 Å². The van der Waals surface area contributed by atoms with Gasteiger partial charge in [0.25, 0.3) is 0 Å². The molecule has 2 amide bonds. The molecule has 1 aliphatic rings. The minimum atomic E-state index is -0.890. The van der Waals surface area contributed by atoms with Crippen LogP contribution in [-0.2, 0) is 5.66 Å². The second-order valence-electron chi connectivity index (χ2n) is 6.94. The Morgan fingerprint density at radius 1 is 1.30 bits per heavy atom. The normalized spacial score (nSPS) is 20.0. The van der Waals surface area contributed by atoms with Gasteiger partial charge in [-0.2, -0.15) is 0 Å². The number of halogens is 1. The second kappa shape index (κ2) is 8.15. The first kappa shape index (κ1) is 19.5. The Balaban J connectivity index is 1.90. The van der Waals surface area contributed by atoms with Crippen molar-refractivity contribution >= 4 is 24.3 Å². The maximum absolute atomic E-state index is 12.6. The van der Waals surface area contributed by atoms with E-state index in [2.05, 4.69) is 21.9 Å². The summed E-state index contributed by atoms with van der Waals surface area (Å²) in [5, 5.41) is 3.58. The number of carbonyl (C=O) groups excluding carboxylic acids is 1. The van der Waals surface area contributed by atoms with Crippen molar-refractivity contribution in [2.45, 2.75) is 18.5 Å². The monoisotopic (exact) mass is 388 g/mol. The van der Waals surface area contributed by atoms with E-state index >= 15 is 0 Å². The van der Waals surface area contributed by atoms with E-state index in [4.69, 9.17) is 16.0 Å². The van der Waals surface area contributed by atoms with Crippen LogP contribution in [-0.4, -0.2) is 56.3 Å². The molecule has 0 saturated carbocycles. The van der Waals surface area contributed by atoms with Gasteiger partial charge in [0, 0.05) is 30.1 Å². The lowest BCUT2D eigenvalue weighted by Crippen LogP contribution is -2.58. The molecule has 1 saturated heterocycles. The third kappa shape index (κ3) is 4.01. The van der Waals surface area contributed by atoms with Gasteiger partial charge in [0.05, 0.1) is 0 Å². The van der Waals surface area contributed by atoms with Crippen LogP contribution in [0, 0.1) is 0 Å². The van der Waals surface area contributed by atoms with Crippen LogP contribution in [0.5, 0.6) is 0 Å². The number of aliphatic imine (C=N–C) groups is 1. The number of urea groups is 1. The molecule has 7 heteroatoms. The topological polar surface area (TPSA) is 61.1 Å². The van der Waals surface area contributed by atoms with Crippen molar-refractivity contribution < 1.29 is 9.21 Å². The molecule has 0 aliphatic carbocycles. The number of furan rings is 1. The summed E-state index contributed by atoms with van der Waals surface area (Å²) < 4.78 is 6.14. The summed E-state index contributed by atoms with van der Waals surface area (Å²) in [6.07, 6.45) is 1.44. The van der Waals surface area contributed by atoms with Gasteiger partial charge in [0.15, 0.2) is 11.4 Å². The van der Waals surface area contributed by atoms with Crippen LogP contribution in [0.15, 0.2) is 45.8 Å². The number of hydrogen-bond donors (Lipinski definition) is 1. The molecule has 1 unspecified atom stereocenters. The van der Waals surface area contributed by atoms with Crippen molar-refractivity contribution in [3.8, 4) is 11.3 Å². The minimum absolute atomic E-state index is 0.142. The van der Waals surface area contributed by atoms with Gasteiger partial charge < -0.3 is 14.6 Å². The highest BCUT2D eigenvalue weighted by atomic mass is 35.5. The van der Waals surface area contributed by atoms with Crippen molar-refractivity contribution in [1.82, 2.24) is 15.1 Å². The predicted molar refractivity (Wildman–Crippen MR) is 108 cm³/mol. The van der Waals surface area contributed by atoms with E-state index in [0.717, 1.165) is 18.5 Å². The Labute approximate surface area is 164 Å². The maximum atomic E-state index is 12.6. The standard InChI is InChI=1S/C20H25ClN4O2/c1-22-20(11-12-23-19(26)25(20)14-4-13-24(2)3)18-10-9-17(27-18)15-5-7-16(21)8-6-15/h5-10H,1,4,11-14H2,2-3H3,(H,23,26). The van der Waals surface area contributed by atoms with Gasteiger partial charge in [0.1, 0.15) is 5.76 Å². The molecule has 0 spiro atoms. The molecule has 6 nitrogen and oxygen atoms in total. The molecule has 3 rings (SSSR count). The Hall–Kier alpha value is -2.31. The molecule has 144 valence electrons. The van der Waals surface area contributed by atoms with E-state index in [1.54, 1.807) is 4.90 Å². The highest BCUT2D eigenvalue weighted by Crippen LogP contribution is 2.38. The maximum Gasteiger partial charge on any atom is 0.319 e. The molecular formula is C20H25ClN4O2. The second-order valence-corrected chi connectivity index (χ2v) is 7.37. The summed E-state index contributed by atoms with van der Waals surface area (Å²) in [7, 11) is 4.03. The summed E-state index contributed by atoms with van der Waals surface area (Å²) in [6, 6.07) is 11.1. The highest BCUT2D eigenvalue weighted by Gasteiger charge is 2.45. The zero-order valence-corrected chi connectivity index (χ0v) is 16.5. The third-order valence-electron chi connectivity index (χ3n) is 4.82. The van der Waals surface area contributed by atoms with Gasteiger partial charge in [-0.05, 0) is 70.2 Å². The van der Waals surface area contributed by atoms with E-state index in [9.17, 15) is 4.79 Å². The van der Waals surface area contributed by atoms with E-state index in [1.165, 1.54) is 0 Å². The number of rotatable bonds is 7. The SMILES string of the molecule is C=NC1(c2ccc(-c3ccc(Cl)cc3)o2)CCNC(=O)N1CCCN(C)C. The van der Waals surface area contributed by atoms with E-state index in [1.807, 2.05) is 50.5 Å². The zero-order chi connectivity index (χ0) is 19.4. The fourth-order valence-corrected chi connectivity index (χ4v) is 3.52. The molecule has 2 aromatic rings. The van der Waals surface area contributed by atoms with Gasteiger partial charge in [-0.1, -0.05) is 11.6 Å². The van der Waals surface area contributed by atoms with E-state index in [-0.39, 0.29) is 6.03 Å². The van der Waals surface area contributed by atoms with Gasteiger partial charge in [-0.3, -0.25) is 9.89 Å². The van der Waals surface area contributed by atoms with Crippen LogP contribution in [0.1, 0.15) is 18.6 Å². The van der Waals surface area contributed by atoms with E-state index in [0.29, 0.717) is 36.1 Å². The Bertz CT molecular complexity index is 803. The molecule has 0 bridgehead atoms. The Morgan fingerprint density at radius 2 is 2.04 bits per heavy atom. The molecule has 1 atom stereocenters. The smallest absolute Gasteiger partial charge is 0.319 e. The number of benzene rings is 1. The summed E-state index contributed by atoms with van der Waals surface area (Å²) in [4.78, 5) is 20.8. The van der Waals surface area contributed by atoms with Crippen molar-refractivity contribution in [3.63, 3.8) is 0 Å². The van der Waals surface area contributed by atoms with Crippen LogP contribution < -0.4 is 5.32 Å². The zero-order valence-electron chi connectivity index (χ0n) is 15.7. The van der Waals surface area contributed by atoms with Crippen LogP contribution in [0.25, 0.3) is 11.3 Å². The lowest BCUT2D eigenvalue weighted by atomic mass is 9.98. The first-order chi connectivity index (χ1) is 13.0. The summed E-state index contributed by atoms with van der Waals surface area (Å²) in [5.41, 5.74) is 0.0311. The molecule has 2 heterocycles. The van der Waals surface area contributed by atoms with Gasteiger partial charge in [-0.15, -0.1) is 0 Å². The largest absolute Gasteiger partial charge is 0.456 e. The van der Waals surface area contributed by atoms with Crippen LogP contribution in [0.2, 0.25) is 5.02 Å². The molecule has 1 aliphatic heterocycles. The van der Waals surface area contributed by atoms with Crippen molar-refractivity contribution in [2.24, 2.45) is 4.99 Å². The van der Waals surface area contributed by atoms with Gasteiger partial charge >= 0.3 is 6.03 Å². The number of amides is 2. The van der Waals surface area contributed by atoms with E-state index < -0.39 is 5.66 Å². The molecule has 1 aromatic heterocycles. The van der Waals surface area contributed by atoms with Crippen molar-refractivity contribution in [1.29, 1.82) is 0 Å². The van der Waals surface area contributed by atoms with Gasteiger partial charge in [-0.25, -0.2) is 4.79 Å². The molecule has 0 radical (unpaired) electrons. The number of carbonyl (C=O) groups is 1. The van der Waals surface area contributed by atoms with Crippen LogP contribution in [0.4, 0.5) is 4.79 Å². The lowest BCUT2D eigenvalue weighted by Gasteiger charge is -2.43. The first-order valence-electron chi connectivity index (χ1n) is 9.00. The average Bonchev–Trinajstić information content (AvgIpc) is 3.14. The highest BCUT2D eigenvalue weighted by molar-refractivity contribution is 6.30. The fourth-order valence-electron chi connectivity index (χ4n) is 3.39. The Kier molecular flexibility index (Phi) is 5.87. The first-order valence-corrected chi connectivity index (χ1v) is 9.38. The lowest BCUT2D eigenvalue weighted by molar-refractivity contribution is 0.0699. The van der Waals surface area contributed by atoms with Crippen LogP contribution in [0.3, 0.4) is 0 Å². The molecule has 27 heavy (non-hydrogen) atoms. The molecule has 1 N–H and O–H groups in total. The molecule has 1 aromatic carbocycles. The molecular weight excluding hydrogens is 364 g/mol. The summed E-state index contributed by atoms with van der Waals surface area (Å²) >= 11 is 5.97. The quantitative estimate of drug-likeness (QED) is 0.733. The Morgan fingerprint density at radius 3 is 2.70 bits per heavy atom.